The van der Waals surface area contributed by atoms with Crippen LogP contribution in [0.15, 0.2) is 61.2 Å². The van der Waals surface area contributed by atoms with E-state index in [1.54, 1.807) is 0 Å². The summed E-state index contributed by atoms with van der Waals surface area (Å²) in [6, 6.07) is 17.1. The van der Waals surface area contributed by atoms with Crippen molar-refractivity contribution >= 4 is 25.2 Å². The third-order valence-electron chi connectivity index (χ3n) is 6.36. The van der Waals surface area contributed by atoms with E-state index in [4.69, 9.17) is 11.6 Å². The highest BCUT2D eigenvalue weighted by Crippen LogP contribution is 2.53. The summed E-state index contributed by atoms with van der Waals surface area (Å²) in [6.07, 6.45) is 0. The molecule has 0 spiro atoms. The number of benzene rings is 2. The van der Waals surface area contributed by atoms with E-state index < -0.39 is 19.2 Å². The Morgan fingerprint density at radius 1 is 1.04 bits per heavy atom. The van der Waals surface area contributed by atoms with Gasteiger partial charge >= 0.3 is 0 Å². The lowest BCUT2D eigenvalue weighted by atomic mass is 9.85. The van der Waals surface area contributed by atoms with Crippen LogP contribution in [0.4, 0.5) is 0 Å². The summed E-state index contributed by atoms with van der Waals surface area (Å²) in [5.74, 6) is -0.512. The molecule has 0 bridgehead atoms. The number of hydrogen-bond donors (Lipinski definition) is 2. The number of aliphatic hydroxyl groups is 2. The van der Waals surface area contributed by atoms with Gasteiger partial charge < -0.3 is 10.2 Å². The predicted molar refractivity (Wildman–Crippen MR) is 119 cm³/mol. The Labute approximate surface area is 169 Å². The molecule has 0 unspecified atom stereocenters. The molecule has 0 saturated carbocycles. The SMILES string of the molecule is C=C(c1ccc(Cl)cc1)[C@H](CO)[C@](O)(c1ccccc1)[Si](C)(C)C(C)(C)C. The molecule has 27 heavy (non-hydrogen) atoms. The Morgan fingerprint density at radius 2 is 1.56 bits per heavy atom. The summed E-state index contributed by atoms with van der Waals surface area (Å²) in [5.41, 5.74) is 2.45. The van der Waals surface area contributed by atoms with Crippen LogP contribution in [0.1, 0.15) is 31.9 Å². The topological polar surface area (TPSA) is 40.5 Å². The van der Waals surface area contributed by atoms with Gasteiger partial charge in [-0.2, -0.15) is 0 Å². The Morgan fingerprint density at radius 3 is 2.00 bits per heavy atom. The molecule has 0 aliphatic rings. The van der Waals surface area contributed by atoms with Crippen LogP contribution in [-0.4, -0.2) is 24.9 Å². The van der Waals surface area contributed by atoms with Gasteiger partial charge in [-0.25, -0.2) is 0 Å². The largest absolute Gasteiger partial charge is 0.396 e. The van der Waals surface area contributed by atoms with Crippen LogP contribution in [0.3, 0.4) is 0 Å². The third kappa shape index (κ3) is 3.92. The molecule has 146 valence electrons. The fourth-order valence-electron chi connectivity index (χ4n) is 3.62. The van der Waals surface area contributed by atoms with Gasteiger partial charge in [-0.3, -0.25) is 0 Å². The first kappa shape index (κ1) is 21.9. The summed E-state index contributed by atoms with van der Waals surface area (Å²) < 4.78 is 0. The molecule has 0 saturated heterocycles. The molecule has 2 aromatic carbocycles. The van der Waals surface area contributed by atoms with Crippen LogP contribution in [0, 0.1) is 5.92 Å². The maximum Gasteiger partial charge on any atom is 0.0970 e. The normalized spacial score (nSPS) is 15.9. The van der Waals surface area contributed by atoms with E-state index >= 15 is 0 Å². The lowest BCUT2D eigenvalue weighted by Gasteiger charge is -2.53. The van der Waals surface area contributed by atoms with E-state index in [2.05, 4.69) is 40.4 Å². The van der Waals surface area contributed by atoms with Crippen molar-refractivity contribution in [1.82, 2.24) is 0 Å². The van der Waals surface area contributed by atoms with Crippen molar-refractivity contribution in [2.24, 2.45) is 5.92 Å². The molecule has 0 aliphatic heterocycles. The number of hydrogen-bond acceptors (Lipinski definition) is 2. The number of rotatable bonds is 6. The minimum absolute atomic E-state index is 0.0920. The highest BCUT2D eigenvalue weighted by Gasteiger charge is 2.57. The Hall–Kier alpha value is -1.39. The minimum atomic E-state index is -2.38. The van der Waals surface area contributed by atoms with Gasteiger partial charge in [0.1, 0.15) is 0 Å². The maximum atomic E-state index is 12.3. The average molecular weight is 403 g/mol. The van der Waals surface area contributed by atoms with Gasteiger partial charge in [0.15, 0.2) is 0 Å². The van der Waals surface area contributed by atoms with Crippen molar-refractivity contribution in [3.63, 3.8) is 0 Å². The Bertz CT molecular complexity index is 778. The monoisotopic (exact) mass is 402 g/mol. The first-order valence-corrected chi connectivity index (χ1v) is 12.7. The number of halogens is 1. The molecular formula is C23H31ClO2Si. The van der Waals surface area contributed by atoms with Gasteiger partial charge in [0, 0.05) is 10.9 Å². The average Bonchev–Trinajstić information content (AvgIpc) is 2.62. The van der Waals surface area contributed by atoms with Gasteiger partial charge in [-0.15, -0.1) is 0 Å². The van der Waals surface area contributed by atoms with Crippen LogP contribution in [0.5, 0.6) is 0 Å². The van der Waals surface area contributed by atoms with E-state index in [0.29, 0.717) is 5.02 Å². The summed E-state index contributed by atoms with van der Waals surface area (Å²) >= 11 is 6.03. The van der Waals surface area contributed by atoms with E-state index in [0.717, 1.165) is 16.7 Å². The standard InChI is InChI=1S/C23H31ClO2Si/c1-17(18-12-14-20(24)15-13-18)21(16-25)23(26,19-10-8-7-9-11-19)27(5,6)22(2,3)4/h7-15,21,25-26H,1,16H2,2-6H3/t21-,23-/m0/s1. The van der Waals surface area contributed by atoms with Crippen molar-refractivity contribution in [2.45, 2.75) is 44.1 Å². The van der Waals surface area contributed by atoms with Crippen LogP contribution >= 0.6 is 11.6 Å². The van der Waals surface area contributed by atoms with Crippen molar-refractivity contribution < 1.29 is 10.2 Å². The minimum Gasteiger partial charge on any atom is -0.396 e. The molecular weight excluding hydrogens is 372 g/mol. The fraction of sp³-hybridized carbons (Fsp3) is 0.391. The molecule has 0 radical (unpaired) electrons. The molecule has 0 fully saturated rings. The predicted octanol–water partition coefficient (Wildman–Crippen LogP) is 5.90. The second kappa shape index (κ2) is 7.92. The molecule has 2 aromatic rings. The van der Waals surface area contributed by atoms with Gasteiger partial charge in [0.05, 0.1) is 19.9 Å². The van der Waals surface area contributed by atoms with Crippen molar-refractivity contribution in [1.29, 1.82) is 0 Å². The molecule has 4 heteroatoms. The zero-order chi connectivity index (χ0) is 20.5. The highest BCUT2D eigenvalue weighted by atomic mass is 35.5. The zero-order valence-corrected chi connectivity index (χ0v) is 18.7. The third-order valence-corrected chi connectivity index (χ3v) is 12.9. The molecule has 0 aliphatic carbocycles. The number of aliphatic hydroxyl groups excluding tert-OH is 1. The van der Waals surface area contributed by atoms with E-state index in [9.17, 15) is 10.2 Å². The summed E-state index contributed by atoms with van der Waals surface area (Å²) in [5, 5.41) is 22.1. The first-order chi connectivity index (χ1) is 12.5. The summed E-state index contributed by atoms with van der Waals surface area (Å²) in [4.78, 5) is 0. The van der Waals surface area contributed by atoms with E-state index in [1.807, 2.05) is 54.6 Å². The van der Waals surface area contributed by atoms with Crippen molar-refractivity contribution in [3.8, 4) is 0 Å². The summed E-state index contributed by atoms with van der Waals surface area (Å²) in [7, 11) is -2.38. The Kier molecular flexibility index (Phi) is 6.43. The molecule has 0 aromatic heterocycles. The van der Waals surface area contributed by atoms with Crippen LogP contribution in [0.2, 0.25) is 23.2 Å². The van der Waals surface area contributed by atoms with Gasteiger partial charge in [0.2, 0.25) is 0 Å². The lowest BCUT2D eigenvalue weighted by molar-refractivity contribution is 0.0408. The quantitative estimate of drug-likeness (QED) is 0.590. The van der Waals surface area contributed by atoms with Crippen LogP contribution < -0.4 is 0 Å². The van der Waals surface area contributed by atoms with Crippen molar-refractivity contribution in [2.75, 3.05) is 6.61 Å². The van der Waals surface area contributed by atoms with Crippen LogP contribution in [-0.2, 0) is 5.22 Å². The smallest absolute Gasteiger partial charge is 0.0970 e. The second-order valence-electron chi connectivity index (χ2n) is 8.77. The lowest BCUT2D eigenvalue weighted by Crippen LogP contribution is -2.62. The molecule has 2 nitrogen and oxygen atoms in total. The van der Waals surface area contributed by atoms with Crippen LogP contribution in [0.25, 0.3) is 5.57 Å². The Balaban J connectivity index is 2.67. The second-order valence-corrected chi connectivity index (χ2v) is 14.7. The van der Waals surface area contributed by atoms with Gasteiger partial charge in [0.25, 0.3) is 0 Å². The molecule has 2 atom stereocenters. The van der Waals surface area contributed by atoms with Gasteiger partial charge in [-0.05, 0) is 33.9 Å². The van der Waals surface area contributed by atoms with E-state index in [1.165, 1.54) is 0 Å². The molecule has 0 heterocycles. The van der Waals surface area contributed by atoms with E-state index in [-0.39, 0.29) is 11.6 Å². The highest BCUT2D eigenvalue weighted by molar-refractivity contribution is 6.82. The molecule has 0 amide bonds. The zero-order valence-electron chi connectivity index (χ0n) is 17.0. The van der Waals surface area contributed by atoms with Gasteiger partial charge in [-0.1, -0.05) is 94.5 Å². The van der Waals surface area contributed by atoms with Crippen molar-refractivity contribution in [3.05, 3.63) is 77.3 Å². The summed E-state index contributed by atoms with van der Waals surface area (Å²) in [6.45, 7) is 15.0. The maximum absolute atomic E-state index is 12.3. The first-order valence-electron chi connectivity index (χ1n) is 9.30. The fourth-order valence-corrected chi connectivity index (χ4v) is 6.92. The molecule has 2 N–H and O–H groups in total. The molecule has 2 rings (SSSR count).